The summed E-state index contributed by atoms with van der Waals surface area (Å²) in [7, 11) is 0. The first-order valence-corrected chi connectivity index (χ1v) is 8.18. The Hall–Kier alpha value is -2.51. The van der Waals surface area contributed by atoms with Gasteiger partial charge in [0.05, 0.1) is 11.3 Å². The lowest BCUT2D eigenvalue weighted by atomic mass is 10.1. The van der Waals surface area contributed by atoms with E-state index in [1.165, 1.54) is 24.3 Å². The van der Waals surface area contributed by atoms with Gasteiger partial charge in [0.25, 0.3) is 5.91 Å². The monoisotopic (exact) mass is 417 g/mol. The summed E-state index contributed by atoms with van der Waals surface area (Å²) in [6.07, 6.45) is -2.23. The van der Waals surface area contributed by atoms with Gasteiger partial charge in [0, 0.05) is 16.1 Å². The van der Waals surface area contributed by atoms with Gasteiger partial charge < -0.3 is 10.1 Å². The van der Waals surface area contributed by atoms with Crippen molar-refractivity contribution in [3.63, 3.8) is 0 Å². The molecule has 0 saturated carbocycles. The maximum Gasteiger partial charge on any atom is 0.418 e. The van der Waals surface area contributed by atoms with Crippen LogP contribution in [0.1, 0.15) is 11.1 Å². The summed E-state index contributed by atoms with van der Waals surface area (Å²) in [6.45, 7) is -0.746. The summed E-state index contributed by atoms with van der Waals surface area (Å²) in [5.41, 5.74) is -0.918. The molecule has 27 heavy (non-hydrogen) atoms. The Balaban J connectivity index is 1.92. The zero-order chi connectivity index (χ0) is 20.0. The molecule has 0 aromatic heterocycles. The number of carbonyl (C=O) groups excluding carboxylic acids is 2. The smallest absolute Gasteiger partial charge is 0.418 e. The van der Waals surface area contributed by atoms with Gasteiger partial charge in [-0.1, -0.05) is 41.4 Å². The second kappa shape index (κ2) is 8.92. The summed E-state index contributed by atoms with van der Waals surface area (Å²) in [5, 5.41) is 2.80. The van der Waals surface area contributed by atoms with Crippen LogP contribution in [0, 0.1) is 0 Å². The zero-order valence-corrected chi connectivity index (χ0v) is 15.0. The molecule has 2 aromatic rings. The largest absolute Gasteiger partial charge is 0.452 e. The van der Waals surface area contributed by atoms with Gasteiger partial charge in [-0.25, -0.2) is 4.79 Å². The van der Waals surface area contributed by atoms with Crippen LogP contribution in [0.2, 0.25) is 10.0 Å². The normalized spacial score (nSPS) is 11.4. The molecule has 4 nitrogen and oxygen atoms in total. The minimum absolute atomic E-state index is 0.313. The van der Waals surface area contributed by atoms with Gasteiger partial charge in [0.2, 0.25) is 0 Å². The molecule has 0 aliphatic heterocycles. The molecule has 0 fully saturated rings. The lowest BCUT2D eigenvalue weighted by Crippen LogP contribution is -2.22. The van der Waals surface area contributed by atoms with E-state index in [4.69, 9.17) is 27.9 Å². The van der Waals surface area contributed by atoms with Crippen LogP contribution in [-0.4, -0.2) is 18.5 Å². The number of hydrogen-bond donors (Lipinski definition) is 1. The SMILES string of the molecule is O=C(COC(=O)C=Cc1ccc(Cl)cc1Cl)Nc1ccccc1C(F)(F)F. The van der Waals surface area contributed by atoms with Gasteiger partial charge in [-0.05, 0) is 35.9 Å². The second-order valence-corrected chi connectivity index (χ2v) is 6.04. The standard InChI is InChI=1S/C18H12Cl2F3NO3/c19-12-7-5-11(14(20)9-12)6-8-17(26)27-10-16(25)24-15-4-2-1-3-13(15)18(21,22)23/h1-9H,10H2,(H,24,25). The third kappa shape index (κ3) is 6.30. The van der Waals surface area contributed by atoms with Crippen LogP contribution < -0.4 is 5.32 Å². The number of anilines is 1. The predicted octanol–water partition coefficient (Wildman–Crippen LogP) is 5.21. The van der Waals surface area contributed by atoms with E-state index in [1.807, 2.05) is 0 Å². The number of hydrogen-bond acceptors (Lipinski definition) is 3. The van der Waals surface area contributed by atoms with E-state index < -0.39 is 35.9 Å². The summed E-state index contributed by atoms with van der Waals surface area (Å²) in [5.74, 6) is -1.77. The Morgan fingerprint density at radius 3 is 2.48 bits per heavy atom. The number of ether oxygens (including phenoxy) is 1. The van der Waals surface area contributed by atoms with E-state index in [2.05, 4.69) is 5.32 Å². The number of carbonyl (C=O) groups is 2. The highest BCUT2D eigenvalue weighted by Gasteiger charge is 2.33. The quantitative estimate of drug-likeness (QED) is 0.536. The number of benzene rings is 2. The van der Waals surface area contributed by atoms with Crippen molar-refractivity contribution < 1.29 is 27.5 Å². The van der Waals surface area contributed by atoms with Crippen molar-refractivity contribution in [2.75, 3.05) is 11.9 Å². The Kier molecular flexibility index (Phi) is 6.87. The minimum atomic E-state index is -4.62. The van der Waals surface area contributed by atoms with Gasteiger partial charge in [-0.15, -0.1) is 0 Å². The van der Waals surface area contributed by atoms with Crippen molar-refractivity contribution in [3.05, 3.63) is 69.7 Å². The molecular formula is C18H12Cl2F3NO3. The molecule has 0 atom stereocenters. The molecule has 0 bridgehead atoms. The predicted molar refractivity (Wildman–Crippen MR) is 96.5 cm³/mol. The van der Waals surface area contributed by atoms with Crippen molar-refractivity contribution in [2.24, 2.45) is 0 Å². The number of nitrogens with one attached hydrogen (secondary N) is 1. The highest BCUT2D eigenvalue weighted by Crippen LogP contribution is 2.34. The average molecular weight is 418 g/mol. The molecular weight excluding hydrogens is 406 g/mol. The molecule has 0 aliphatic rings. The van der Waals surface area contributed by atoms with Gasteiger partial charge in [0.1, 0.15) is 0 Å². The Morgan fingerprint density at radius 1 is 1.11 bits per heavy atom. The zero-order valence-electron chi connectivity index (χ0n) is 13.5. The number of amides is 1. The summed E-state index contributed by atoms with van der Waals surface area (Å²) in [4.78, 5) is 23.4. The molecule has 9 heteroatoms. The van der Waals surface area contributed by atoms with Gasteiger partial charge in [-0.2, -0.15) is 13.2 Å². The fraction of sp³-hybridized carbons (Fsp3) is 0.111. The van der Waals surface area contributed by atoms with Crippen LogP contribution in [0.15, 0.2) is 48.5 Å². The molecule has 0 spiro atoms. The fourth-order valence-electron chi connectivity index (χ4n) is 2.00. The van der Waals surface area contributed by atoms with Crippen molar-refractivity contribution in [3.8, 4) is 0 Å². The minimum Gasteiger partial charge on any atom is -0.452 e. The first kappa shape index (κ1) is 20.8. The average Bonchev–Trinajstić information content (AvgIpc) is 2.59. The van der Waals surface area contributed by atoms with E-state index >= 15 is 0 Å². The topological polar surface area (TPSA) is 55.4 Å². The molecule has 0 radical (unpaired) electrons. The molecule has 0 saturated heterocycles. The number of esters is 1. The highest BCUT2D eigenvalue weighted by atomic mass is 35.5. The third-order valence-corrected chi connectivity index (χ3v) is 3.78. The third-order valence-electron chi connectivity index (χ3n) is 3.21. The van der Waals surface area contributed by atoms with Crippen LogP contribution in [0.25, 0.3) is 6.08 Å². The molecule has 0 aliphatic carbocycles. The molecule has 2 aromatic carbocycles. The molecule has 142 valence electrons. The van der Waals surface area contributed by atoms with Crippen LogP contribution in [-0.2, 0) is 20.5 Å². The molecule has 0 unspecified atom stereocenters. The summed E-state index contributed by atoms with van der Waals surface area (Å²) < 4.78 is 43.3. The van der Waals surface area contributed by atoms with E-state index in [0.29, 0.717) is 15.6 Å². The van der Waals surface area contributed by atoms with Crippen molar-refractivity contribution >= 4 is 46.8 Å². The number of para-hydroxylation sites is 1. The maximum atomic E-state index is 12.9. The van der Waals surface area contributed by atoms with E-state index in [-0.39, 0.29) is 0 Å². The Morgan fingerprint density at radius 2 is 1.81 bits per heavy atom. The van der Waals surface area contributed by atoms with Crippen molar-refractivity contribution in [2.45, 2.75) is 6.18 Å². The molecule has 1 N–H and O–H groups in total. The van der Waals surface area contributed by atoms with Crippen LogP contribution in [0.4, 0.5) is 18.9 Å². The van der Waals surface area contributed by atoms with E-state index in [9.17, 15) is 22.8 Å². The lowest BCUT2D eigenvalue weighted by Gasteiger charge is -2.13. The van der Waals surface area contributed by atoms with Crippen LogP contribution >= 0.6 is 23.2 Å². The number of halogens is 5. The van der Waals surface area contributed by atoms with Gasteiger partial charge >= 0.3 is 12.1 Å². The highest BCUT2D eigenvalue weighted by molar-refractivity contribution is 6.35. The fourth-order valence-corrected chi connectivity index (χ4v) is 2.48. The number of alkyl halides is 3. The summed E-state index contributed by atoms with van der Waals surface area (Å²) >= 11 is 11.7. The Bertz CT molecular complexity index is 882. The van der Waals surface area contributed by atoms with Gasteiger partial charge in [-0.3, -0.25) is 4.79 Å². The van der Waals surface area contributed by atoms with E-state index in [1.54, 1.807) is 12.1 Å². The summed E-state index contributed by atoms with van der Waals surface area (Å²) in [6, 6.07) is 9.12. The maximum absolute atomic E-state index is 12.9. The van der Waals surface area contributed by atoms with Crippen molar-refractivity contribution in [1.29, 1.82) is 0 Å². The van der Waals surface area contributed by atoms with E-state index in [0.717, 1.165) is 18.2 Å². The van der Waals surface area contributed by atoms with Crippen molar-refractivity contribution in [1.82, 2.24) is 0 Å². The second-order valence-electron chi connectivity index (χ2n) is 5.20. The number of rotatable bonds is 5. The van der Waals surface area contributed by atoms with Crippen LogP contribution in [0.5, 0.6) is 0 Å². The molecule has 0 heterocycles. The van der Waals surface area contributed by atoms with Crippen LogP contribution in [0.3, 0.4) is 0 Å². The Labute approximate surface area is 162 Å². The first-order chi connectivity index (χ1) is 12.7. The molecule has 1 amide bonds. The molecule has 2 rings (SSSR count). The lowest BCUT2D eigenvalue weighted by molar-refractivity contribution is -0.142. The van der Waals surface area contributed by atoms with Gasteiger partial charge in [0.15, 0.2) is 6.61 Å². The first-order valence-electron chi connectivity index (χ1n) is 7.43.